The molecule has 2 rings (SSSR count). The van der Waals surface area contributed by atoms with Crippen molar-refractivity contribution in [3.63, 3.8) is 0 Å². The normalized spacial score (nSPS) is 12.3. The number of rotatable bonds is 10. The van der Waals surface area contributed by atoms with Gasteiger partial charge in [-0.3, -0.25) is 19.6 Å². The minimum absolute atomic E-state index is 0.210. The fraction of sp³-hybridized carbons (Fsp3) is 0.200. The monoisotopic (exact) mass is 497 g/mol. The molecule has 0 saturated heterocycles. The summed E-state index contributed by atoms with van der Waals surface area (Å²) in [5.74, 6) is -0.558. The number of aliphatic imine (C=N–C) groups is 2. The molecule has 2 aromatic carbocycles. The van der Waals surface area contributed by atoms with Gasteiger partial charge >= 0.3 is 0 Å². The molecule has 0 unspecified atom stereocenters. The second-order valence-electron chi connectivity index (χ2n) is 8.66. The zero-order valence-corrected chi connectivity index (χ0v) is 22.4. The van der Waals surface area contributed by atoms with Gasteiger partial charge in [-0.15, -0.1) is 0 Å². The Labute approximate surface area is 219 Å². The molecular weight excluding hydrogens is 462 g/mol. The van der Waals surface area contributed by atoms with Crippen LogP contribution in [0, 0.1) is 0 Å². The zero-order chi connectivity index (χ0) is 27.5. The molecule has 0 aromatic heterocycles. The number of anilines is 3. The SMILES string of the molecule is C=C(/C=C\C(C)=NC)C(C)=N/C(C)=C/C(=C)C(=O)Nc1ccc(NC(=O)c2ccc(N(C)C)cc2)cc1. The summed E-state index contributed by atoms with van der Waals surface area (Å²) < 4.78 is 0. The van der Waals surface area contributed by atoms with Crippen molar-refractivity contribution in [1.29, 1.82) is 0 Å². The largest absolute Gasteiger partial charge is 0.378 e. The van der Waals surface area contributed by atoms with Crippen LogP contribution in [0.2, 0.25) is 0 Å². The minimum atomic E-state index is -0.349. The van der Waals surface area contributed by atoms with E-state index in [0.717, 1.165) is 22.7 Å². The Morgan fingerprint density at radius 3 is 1.95 bits per heavy atom. The molecule has 2 N–H and O–H groups in total. The fourth-order valence-electron chi connectivity index (χ4n) is 3.07. The van der Waals surface area contributed by atoms with Crippen LogP contribution in [0.1, 0.15) is 31.1 Å². The first-order valence-corrected chi connectivity index (χ1v) is 11.7. The van der Waals surface area contributed by atoms with E-state index in [2.05, 4.69) is 33.8 Å². The average Bonchev–Trinajstić information content (AvgIpc) is 2.87. The van der Waals surface area contributed by atoms with Crippen molar-refractivity contribution in [3.8, 4) is 0 Å². The Hall–Kier alpha value is -4.52. The first-order valence-electron chi connectivity index (χ1n) is 11.7. The molecule has 0 spiro atoms. The molecule has 7 nitrogen and oxygen atoms in total. The van der Waals surface area contributed by atoms with Crippen molar-refractivity contribution in [1.82, 2.24) is 0 Å². The van der Waals surface area contributed by atoms with E-state index in [4.69, 9.17) is 0 Å². The van der Waals surface area contributed by atoms with Crippen molar-refractivity contribution in [2.75, 3.05) is 36.7 Å². The van der Waals surface area contributed by atoms with Crippen molar-refractivity contribution in [2.45, 2.75) is 20.8 Å². The number of amides is 2. The summed E-state index contributed by atoms with van der Waals surface area (Å²) in [6.07, 6.45) is 5.33. The molecule has 0 radical (unpaired) electrons. The van der Waals surface area contributed by atoms with Gasteiger partial charge < -0.3 is 15.5 Å². The van der Waals surface area contributed by atoms with Crippen LogP contribution < -0.4 is 15.5 Å². The predicted molar refractivity (Wildman–Crippen MR) is 157 cm³/mol. The quantitative estimate of drug-likeness (QED) is 0.237. The lowest BCUT2D eigenvalue weighted by molar-refractivity contribution is -0.112. The highest BCUT2D eigenvalue weighted by Crippen LogP contribution is 2.17. The Morgan fingerprint density at radius 2 is 1.41 bits per heavy atom. The van der Waals surface area contributed by atoms with E-state index in [0.29, 0.717) is 22.6 Å². The van der Waals surface area contributed by atoms with Crippen LogP contribution in [0.25, 0.3) is 0 Å². The third kappa shape index (κ3) is 9.22. The molecule has 0 atom stereocenters. The maximum atomic E-state index is 12.6. The van der Waals surface area contributed by atoms with Gasteiger partial charge in [0, 0.05) is 66.5 Å². The highest BCUT2D eigenvalue weighted by atomic mass is 16.2. The molecule has 0 bridgehead atoms. The highest BCUT2D eigenvalue weighted by Gasteiger charge is 2.09. The lowest BCUT2D eigenvalue weighted by atomic mass is 10.1. The molecule has 0 heterocycles. The number of hydrogen-bond donors (Lipinski definition) is 2. The highest BCUT2D eigenvalue weighted by molar-refractivity contribution is 6.07. The van der Waals surface area contributed by atoms with Crippen LogP contribution in [0.15, 0.2) is 107 Å². The van der Waals surface area contributed by atoms with Gasteiger partial charge in [-0.2, -0.15) is 0 Å². The molecule has 2 aromatic rings. The third-order valence-electron chi connectivity index (χ3n) is 5.41. The summed E-state index contributed by atoms with van der Waals surface area (Å²) >= 11 is 0. The summed E-state index contributed by atoms with van der Waals surface area (Å²) in [4.78, 5) is 35.6. The maximum absolute atomic E-state index is 12.6. The fourth-order valence-corrected chi connectivity index (χ4v) is 3.07. The van der Waals surface area contributed by atoms with E-state index in [1.807, 2.05) is 57.1 Å². The van der Waals surface area contributed by atoms with E-state index in [1.54, 1.807) is 56.4 Å². The van der Waals surface area contributed by atoms with Crippen LogP contribution in [0.5, 0.6) is 0 Å². The molecule has 2 amide bonds. The van der Waals surface area contributed by atoms with Crippen LogP contribution in [-0.4, -0.2) is 44.4 Å². The van der Waals surface area contributed by atoms with Gasteiger partial charge in [0.05, 0.1) is 0 Å². The number of carbonyl (C=O) groups is 2. The molecule has 0 aliphatic heterocycles. The van der Waals surface area contributed by atoms with Gasteiger partial charge in [-0.25, -0.2) is 0 Å². The van der Waals surface area contributed by atoms with Crippen molar-refractivity contribution < 1.29 is 9.59 Å². The van der Waals surface area contributed by atoms with Gasteiger partial charge in [-0.1, -0.05) is 19.2 Å². The number of hydrogen-bond acceptors (Lipinski definition) is 5. The Morgan fingerprint density at radius 1 is 0.838 bits per heavy atom. The van der Waals surface area contributed by atoms with Crippen molar-refractivity contribution >= 4 is 40.3 Å². The molecule has 0 fully saturated rings. The number of nitrogens with one attached hydrogen (secondary N) is 2. The number of nitrogens with zero attached hydrogens (tertiary/aromatic N) is 3. The summed E-state index contributed by atoms with van der Waals surface area (Å²) in [7, 11) is 5.62. The molecular formula is C30H35N5O2. The molecule has 7 heteroatoms. The van der Waals surface area contributed by atoms with Gasteiger partial charge in [0.2, 0.25) is 0 Å². The van der Waals surface area contributed by atoms with Gasteiger partial charge in [0.25, 0.3) is 11.8 Å². The van der Waals surface area contributed by atoms with Crippen molar-refractivity contribution in [3.05, 3.63) is 102 Å². The molecule has 0 saturated carbocycles. The van der Waals surface area contributed by atoms with E-state index in [9.17, 15) is 9.59 Å². The lowest BCUT2D eigenvalue weighted by Gasteiger charge is -2.13. The zero-order valence-electron chi connectivity index (χ0n) is 22.4. The maximum Gasteiger partial charge on any atom is 0.255 e. The third-order valence-corrected chi connectivity index (χ3v) is 5.41. The Balaban J connectivity index is 1.96. The molecule has 0 aliphatic carbocycles. The van der Waals surface area contributed by atoms with E-state index in [-0.39, 0.29) is 17.4 Å². The predicted octanol–water partition coefficient (Wildman–Crippen LogP) is 6.07. The lowest BCUT2D eigenvalue weighted by Crippen LogP contribution is -2.14. The number of benzene rings is 2. The van der Waals surface area contributed by atoms with E-state index in [1.165, 1.54) is 0 Å². The molecule has 192 valence electrons. The first kappa shape index (κ1) is 28.7. The van der Waals surface area contributed by atoms with Crippen LogP contribution in [0.3, 0.4) is 0 Å². The molecule has 0 aliphatic rings. The molecule has 37 heavy (non-hydrogen) atoms. The van der Waals surface area contributed by atoms with Gasteiger partial charge in [0.15, 0.2) is 0 Å². The summed E-state index contributed by atoms with van der Waals surface area (Å²) in [6.45, 7) is 13.4. The summed E-state index contributed by atoms with van der Waals surface area (Å²) in [6, 6.07) is 14.2. The van der Waals surface area contributed by atoms with Crippen LogP contribution in [-0.2, 0) is 4.79 Å². The summed E-state index contributed by atoms with van der Waals surface area (Å²) in [5, 5.41) is 5.66. The van der Waals surface area contributed by atoms with Crippen molar-refractivity contribution in [2.24, 2.45) is 9.98 Å². The topological polar surface area (TPSA) is 86.2 Å². The van der Waals surface area contributed by atoms with Crippen LogP contribution in [0.4, 0.5) is 17.1 Å². The summed E-state index contributed by atoms with van der Waals surface area (Å²) in [5.41, 5.74) is 6.04. The second-order valence-corrected chi connectivity index (χ2v) is 8.66. The Bertz CT molecular complexity index is 1280. The average molecular weight is 498 g/mol. The van der Waals surface area contributed by atoms with E-state index >= 15 is 0 Å². The smallest absolute Gasteiger partial charge is 0.255 e. The van der Waals surface area contributed by atoms with Gasteiger partial charge in [-0.05, 0) is 87.0 Å². The number of carbonyl (C=O) groups excluding carboxylic acids is 2. The van der Waals surface area contributed by atoms with Gasteiger partial charge in [0.1, 0.15) is 0 Å². The standard InChI is InChI=1S/C30H35N5O2/c1-20(9-10-22(3)31-6)24(5)32-23(4)19-21(2)29(36)33-26-13-15-27(16-14-26)34-30(37)25-11-17-28(18-12-25)35(7)8/h9-19H,1-2H2,3-8H3,(H,33,36)(H,34,37)/b10-9-,23-19+,31-22?,32-24?. The van der Waals surface area contributed by atoms with E-state index < -0.39 is 0 Å². The Kier molecular flexibility index (Phi) is 10.5. The minimum Gasteiger partial charge on any atom is -0.378 e. The number of allylic oxidation sites excluding steroid dienone is 4. The second kappa shape index (κ2) is 13.5. The van der Waals surface area contributed by atoms with Crippen LogP contribution >= 0.6 is 0 Å². The first-order chi connectivity index (χ1) is 17.5.